The molecule has 1 unspecified atom stereocenters. The first-order valence-corrected chi connectivity index (χ1v) is 8.51. The Kier molecular flexibility index (Phi) is 6.58. The van der Waals surface area contributed by atoms with E-state index in [-0.39, 0.29) is 5.38 Å². The van der Waals surface area contributed by atoms with E-state index in [9.17, 15) is 0 Å². The van der Waals surface area contributed by atoms with Gasteiger partial charge in [0.05, 0.1) is 5.38 Å². The summed E-state index contributed by atoms with van der Waals surface area (Å²) in [5.41, 5.74) is 8.47. The summed E-state index contributed by atoms with van der Waals surface area (Å²) in [5, 5.41) is 0.160. The number of hydrogen-bond acceptors (Lipinski definition) is 0. The van der Waals surface area contributed by atoms with E-state index in [0.717, 1.165) is 0 Å². The molecule has 0 saturated carbocycles. The molecule has 0 aliphatic carbocycles. The van der Waals surface area contributed by atoms with Crippen LogP contribution < -0.4 is 0 Å². The van der Waals surface area contributed by atoms with E-state index in [2.05, 4.69) is 48.5 Å². The van der Waals surface area contributed by atoms with Crippen LogP contribution in [0.2, 0.25) is 0 Å². The molecule has 0 N–H and O–H groups in total. The topological polar surface area (TPSA) is 0 Å². The molecule has 0 radical (unpaired) electrons. The quantitative estimate of drug-likeness (QED) is 0.511. The average molecular weight is 295 g/mol. The molecule has 0 amide bonds. The first kappa shape index (κ1) is 17.6. The van der Waals surface area contributed by atoms with Gasteiger partial charge in [0.2, 0.25) is 0 Å². The monoisotopic (exact) mass is 294 g/mol. The van der Waals surface area contributed by atoms with Crippen LogP contribution in [0.5, 0.6) is 0 Å². The van der Waals surface area contributed by atoms with Crippen molar-refractivity contribution in [1.29, 1.82) is 0 Å². The highest BCUT2D eigenvalue weighted by Crippen LogP contribution is 2.40. The highest BCUT2D eigenvalue weighted by molar-refractivity contribution is 6.21. The van der Waals surface area contributed by atoms with Gasteiger partial charge in [-0.3, -0.25) is 0 Å². The third kappa shape index (κ3) is 3.39. The fraction of sp³-hybridized carbons (Fsp3) is 0.684. The van der Waals surface area contributed by atoms with Gasteiger partial charge in [-0.15, -0.1) is 11.6 Å². The standard InChI is InChI=1S/C19H31Cl/c1-8-10-17(11-9-2)19(20)18-15(6)13(4)12(3)14(5)16(18)7/h17,19H,8-11H2,1-7H3. The Bertz CT molecular complexity index is 424. The lowest BCUT2D eigenvalue weighted by Gasteiger charge is -2.27. The molecule has 0 aromatic heterocycles. The smallest absolute Gasteiger partial charge is 0.0618 e. The van der Waals surface area contributed by atoms with Crippen molar-refractivity contribution in [1.82, 2.24) is 0 Å². The summed E-state index contributed by atoms with van der Waals surface area (Å²) in [6, 6.07) is 0. The van der Waals surface area contributed by atoms with E-state index in [1.165, 1.54) is 59.1 Å². The van der Waals surface area contributed by atoms with Crippen molar-refractivity contribution < 1.29 is 0 Å². The lowest BCUT2D eigenvalue weighted by atomic mass is 9.82. The van der Waals surface area contributed by atoms with Gasteiger partial charge in [-0.25, -0.2) is 0 Å². The number of alkyl halides is 1. The number of benzene rings is 1. The fourth-order valence-electron chi connectivity index (χ4n) is 3.36. The molecule has 0 nitrogen and oxygen atoms in total. The van der Waals surface area contributed by atoms with Crippen LogP contribution in [0.1, 0.15) is 78.3 Å². The Morgan fingerprint density at radius 1 is 0.700 bits per heavy atom. The summed E-state index contributed by atoms with van der Waals surface area (Å²) < 4.78 is 0. The minimum Gasteiger partial charge on any atom is -0.118 e. The van der Waals surface area contributed by atoms with Crippen LogP contribution in [-0.2, 0) is 0 Å². The maximum absolute atomic E-state index is 6.94. The summed E-state index contributed by atoms with van der Waals surface area (Å²) in [7, 11) is 0. The van der Waals surface area contributed by atoms with E-state index < -0.39 is 0 Å². The van der Waals surface area contributed by atoms with Gasteiger partial charge in [0, 0.05) is 0 Å². The van der Waals surface area contributed by atoms with E-state index in [1.807, 2.05) is 0 Å². The van der Waals surface area contributed by atoms with Gasteiger partial charge in [-0.2, -0.15) is 0 Å². The molecule has 1 atom stereocenters. The molecule has 114 valence electrons. The minimum absolute atomic E-state index is 0.160. The van der Waals surface area contributed by atoms with Crippen LogP contribution >= 0.6 is 11.6 Å². The van der Waals surface area contributed by atoms with Crippen molar-refractivity contribution in [3.63, 3.8) is 0 Å². The summed E-state index contributed by atoms with van der Waals surface area (Å²) >= 11 is 6.94. The van der Waals surface area contributed by atoms with Gasteiger partial charge in [-0.05, 0) is 86.8 Å². The van der Waals surface area contributed by atoms with Gasteiger partial charge in [0.25, 0.3) is 0 Å². The van der Waals surface area contributed by atoms with Crippen LogP contribution in [0.15, 0.2) is 0 Å². The third-order valence-corrected chi connectivity index (χ3v) is 5.64. The molecule has 20 heavy (non-hydrogen) atoms. The highest BCUT2D eigenvalue weighted by atomic mass is 35.5. The predicted molar refractivity (Wildman–Crippen MR) is 92.0 cm³/mol. The zero-order chi connectivity index (χ0) is 15.4. The van der Waals surface area contributed by atoms with E-state index in [0.29, 0.717) is 5.92 Å². The normalized spacial score (nSPS) is 13.1. The minimum atomic E-state index is 0.160. The van der Waals surface area contributed by atoms with Gasteiger partial charge >= 0.3 is 0 Å². The molecule has 0 bridgehead atoms. The van der Waals surface area contributed by atoms with Crippen LogP contribution in [0, 0.1) is 40.5 Å². The average Bonchev–Trinajstić information content (AvgIpc) is 2.43. The molecular formula is C19H31Cl. The van der Waals surface area contributed by atoms with Crippen molar-refractivity contribution in [3.8, 4) is 0 Å². The maximum Gasteiger partial charge on any atom is 0.0618 e. The second-order valence-corrected chi connectivity index (χ2v) is 6.75. The second kappa shape index (κ2) is 7.50. The first-order valence-electron chi connectivity index (χ1n) is 8.07. The number of hydrogen-bond donors (Lipinski definition) is 0. The summed E-state index contributed by atoms with van der Waals surface area (Å²) in [4.78, 5) is 0. The van der Waals surface area contributed by atoms with E-state index in [4.69, 9.17) is 11.6 Å². The van der Waals surface area contributed by atoms with Gasteiger partial charge in [0.1, 0.15) is 0 Å². The zero-order valence-corrected chi connectivity index (χ0v) is 15.1. The van der Waals surface area contributed by atoms with Crippen molar-refractivity contribution in [3.05, 3.63) is 33.4 Å². The van der Waals surface area contributed by atoms with E-state index in [1.54, 1.807) is 0 Å². The Morgan fingerprint density at radius 2 is 1.05 bits per heavy atom. The molecule has 0 fully saturated rings. The third-order valence-electron chi connectivity index (χ3n) is 5.07. The molecule has 0 aliphatic rings. The fourth-order valence-corrected chi connectivity index (χ4v) is 3.94. The zero-order valence-electron chi connectivity index (χ0n) is 14.4. The predicted octanol–water partition coefficient (Wildman–Crippen LogP) is 6.73. The Hall–Kier alpha value is -0.490. The second-order valence-electron chi connectivity index (χ2n) is 6.28. The van der Waals surface area contributed by atoms with Crippen LogP contribution in [0.25, 0.3) is 0 Å². The molecule has 0 aliphatic heterocycles. The largest absolute Gasteiger partial charge is 0.118 e. The summed E-state index contributed by atoms with van der Waals surface area (Å²) in [6.45, 7) is 15.7. The first-order chi connectivity index (χ1) is 9.36. The molecule has 1 rings (SSSR count). The molecular weight excluding hydrogens is 264 g/mol. The highest BCUT2D eigenvalue weighted by Gasteiger charge is 2.25. The van der Waals surface area contributed by atoms with Crippen molar-refractivity contribution in [2.24, 2.45) is 5.92 Å². The number of rotatable bonds is 6. The van der Waals surface area contributed by atoms with E-state index >= 15 is 0 Å². The molecule has 1 aromatic rings. The Balaban J connectivity index is 3.30. The lowest BCUT2D eigenvalue weighted by Crippen LogP contribution is -2.13. The van der Waals surface area contributed by atoms with Crippen LogP contribution in [-0.4, -0.2) is 0 Å². The molecule has 0 heterocycles. The Labute approximate surface area is 130 Å². The van der Waals surface area contributed by atoms with Crippen molar-refractivity contribution >= 4 is 11.6 Å². The Morgan fingerprint density at radius 3 is 1.40 bits per heavy atom. The van der Waals surface area contributed by atoms with Crippen LogP contribution in [0.3, 0.4) is 0 Å². The SMILES string of the molecule is CCCC(CCC)C(Cl)c1c(C)c(C)c(C)c(C)c1C. The van der Waals surface area contributed by atoms with Gasteiger partial charge in [0.15, 0.2) is 0 Å². The maximum atomic E-state index is 6.94. The summed E-state index contributed by atoms with van der Waals surface area (Å²) in [5.74, 6) is 0.602. The van der Waals surface area contributed by atoms with Gasteiger partial charge in [-0.1, -0.05) is 26.7 Å². The molecule has 0 spiro atoms. The van der Waals surface area contributed by atoms with Crippen molar-refractivity contribution in [2.45, 2.75) is 79.5 Å². The van der Waals surface area contributed by atoms with Crippen LogP contribution in [0.4, 0.5) is 0 Å². The van der Waals surface area contributed by atoms with Gasteiger partial charge < -0.3 is 0 Å². The lowest BCUT2D eigenvalue weighted by molar-refractivity contribution is 0.424. The number of halogens is 1. The molecule has 0 saturated heterocycles. The molecule has 1 aromatic carbocycles. The van der Waals surface area contributed by atoms with Crippen molar-refractivity contribution in [2.75, 3.05) is 0 Å². The summed E-state index contributed by atoms with van der Waals surface area (Å²) in [6.07, 6.45) is 4.89. The molecule has 1 heteroatoms.